The van der Waals surface area contributed by atoms with E-state index in [-0.39, 0.29) is 0 Å². The Morgan fingerprint density at radius 3 is 2.43 bits per heavy atom. The van der Waals surface area contributed by atoms with Gasteiger partial charge >= 0.3 is 0 Å². The van der Waals surface area contributed by atoms with Crippen LogP contribution in [0.15, 0.2) is 24.7 Å². The molecule has 1 N–H and O–H groups in total. The zero-order valence-electron chi connectivity index (χ0n) is 16.6. The molecule has 1 aromatic carbocycles. The van der Waals surface area contributed by atoms with Crippen LogP contribution in [-0.4, -0.2) is 41.3 Å². The van der Waals surface area contributed by atoms with Crippen LogP contribution in [0, 0.1) is 5.92 Å². The van der Waals surface area contributed by atoms with Gasteiger partial charge in [0, 0.05) is 23.5 Å². The second kappa shape index (κ2) is 7.24. The van der Waals surface area contributed by atoms with Gasteiger partial charge in [-0.05, 0) is 57.1 Å². The van der Waals surface area contributed by atoms with Crippen LogP contribution >= 0.6 is 0 Å². The van der Waals surface area contributed by atoms with E-state index in [1.54, 1.807) is 14.2 Å². The van der Waals surface area contributed by atoms with Crippen LogP contribution in [0.3, 0.4) is 0 Å². The number of hydrogen-bond donors (Lipinski definition) is 1. The topological polar surface area (TPSA) is 61.2 Å². The van der Waals surface area contributed by atoms with Crippen molar-refractivity contribution in [2.45, 2.75) is 50.6 Å². The lowest BCUT2D eigenvalue weighted by molar-refractivity contribution is 0.271. The first-order chi connectivity index (χ1) is 13.8. The molecule has 0 saturated heterocycles. The molecule has 3 aromatic rings. The largest absolute Gasteiger partial charge is 0.493 e. The first-order valence-electron chi connectivity index (χ1n) is 10.4. The number of nitrogens with zero attached hydrogens (tertiary/aromatic N) is 3. The van der Waals surface area contributed by atoms with Crippen molar-refractivity contribution in [2.24, 2.45) is 5.92 Å². The Bertz CT molecular complexity index is 987. The van der Waals surface area contributed by atoms with Gasteiger partial charge in [0.05, 0.1) is 37.8 Å². The van der Waals surface area contributed by atoms with Crippen molar-refractivity contribution in [3.63, 3.8) is 0 Å². The number of methoxy groups -OCH3 is 2. The average Bonchev–Trinajstić information content (AvgIpc) is 3.48. The molecule has 28 heavy (non-hydrogen) atoms. The summed E-state index contributed by atoms with van der Waals surface area (Å²) in [6.07, 6.45) is 11.6. The molecule has 6 nitrogen and oxygen atoms in total. The van der Waals surface area contributed by atoms with E-state index >= 15 is 0 Å². The maximum Gasteiger partial charge on any atom is 0.162 e. The molecular weight excluding hydrogens is 352 g/mol. The molecular formula is C22H28N4O2. The molecule has 2 fully saturated rings. The van der Waals surface area contributed by atoms with Gasteiger partial charge in [0.15, 0.2) is 11.5 Å². The number of aromatic nitrogens is 3. The molecule has 0 amide bonds. The summed E-state index contributed by atoms with van der Waals surface area (Å²) < 4.78 is 13.3. The highest BCUT2D eigenvalue weighted by Crippen LogP contribution is 2.38. The highest BCUT2D eigenvalue weighted by Gasteiger charge is 2.27. The third-order valence-corrected chi connectivity index (χ3v) is 6.39. The maximum absolute atomic E-state index is 5.53. The Morgan fingerprint density at radius 2 is 1.71 bits per heavy atom. The zero-order valence-corrected chi connectivity index (χ0v) is 16.6. The van der Waals surface area contributed by atoms with E-state index in [1.165, 1.54) is 45.1 Å². The minimum Gasteiger partial charge on any atom is -0.493 e. The SMILES string of the molecule is COc1cc2ncc3ncn([C@H]4CC[C@H](CNC5CC5)CC4)c3c2cc1OC. The molecule has 0 bridgehead atoms. The Hall–Kier alpha value is -2.34. The van der Waals surface area contributed by atoms with E-state index in [1.807, 2.05) is 24.7 Å². The second-order valence-corrected chi connectivity index (χ2v) is 8.23. The van der Waals surface area contributed by atoms with E-state index in [2.05, 4.69) is 19.9 Å². The van der Waals surface area contributed by atoms with E-state index in [9.17, 15) is 0 Å². The summed E-state index contributed by atoms with van der Waals surface area (Å²) in [5, 5.41) is 4.77. The minimum atomic E-state index is 0.501. The van der Waals surface area contributed by atoms with Crippen molar-refractivity contribution in [1.82, 2.24) is 19.9 Å². The van der Waals surface area contributed by atoms with Crippen LogP contribution in [0.1, 0.15) is 44.6 Å². The summed E-state index contributed by atoms with van der Waals surface area (Å²) in [6, 6.07) is 5.29. The van der Waals surface area contributed by atoms with Gasteiger partial charge < -0.3 is 19.4 Å². The third-order valence-electron chi connectivity index (χ3n) is 6.39. The van der Waals surface area contributed by atoms with Crippen molar-refractivity contribution < 1.29 is 9.47 Å². The van der Waals surface area contributed by atoms with Gasteiger partial charge in [-0.25, -0.2) is 4.98 Å². The minimum absolute atomic E-state index is 0.501. The highest BCUT2D eigenvalue weighted by atomic mass is 16.5. The van der Waals surface area contributed by atoms with Crippen molar-refractivity contribution in [3.8, 4) is 11.5 Å². The fourth-order valence-corrected chi connectivity index (χ4v) is 4.57. The van der Waals surface area contributed by atoms with Gasteiger partial charge in [-0.1, -0.05) is 0 Å². The van der Waals surface area contributed by atoms with Crippen LogP contribution in [0.5, 0.6) is 11.5 Å². The van der Waals surface area contributed by atoms with Gasteiger partial charge in [0.2, 0.25) is 0 Å². The van der Waals surface area contributed by atoms with Crippen LogP contribution in [0.4, 0.5) is 0 Å². The molecule has 6 heteroatoms. The Kier molecular flexibility index (Phi) is 4.59. The Labute approximate surface area is 165 Å². The molecule has 2 heterocycles. The van der Waals surface area contributed by atoms with Gasteiger partial charge in [-0.3, -0.25) is 4.98 Å². The molecule has 0 radical (unpaired) electrons. The molecule has 2 aliphatic carbocycles. The van der Waals surface area contributed by atoms with Gasteiger partial charge in [-0.15, -0.1) is 0 Å². The van der Waals surface area contributed by atoms with Crippen molar-refractivity contribution >= 4 is 21.9 Å². The van der Waals surface area contributed by atoms with Crippen LogP contribution in [0.25, 0.3) is 21.9 Å². The molecule has 148 valence electrons. The lowest BCUT2D eigenvalue weighted by Crippen LogP contribution is -2.28. The maximum atomic E-state index is 5.53. The Balaban J connectivity index is 1.45. The zero-order chi connectivity index (χ0) is 19.1. The predicted octanol–water partition coefficient (Wildman–Crippen LogP) is 4.09. The molecule has 0 aliphatic heterocycles. The first-order valence-corrected chi connectivity index (χ1v) is 10.4. The van der Waals surface area contributed by atoms with Gasteiger partial charge in [0.1, 0.15) is 5.52 Å². The van der Waals surface area contributed by atoms with E-state index in [0.717, 1.165) is 39.6 Å². The number of pyridine rings is 1. The molecule has 5 rings (SSSR count). The van der Waals surface area contributed by atoms with Crippen LogP contribution < -0.4 is 14.8 Å². The summed E-state index contributed by atoms with van der Waals surface area (Å²) in [5.41, 5.74) is 3.01. The number of rotatable bonds is 6. The lowest BCUT2D eigenvalue weighted by atomic mass is 9.85. The van der Waals surface area contributed by atoms with E-state index < -0.39 is 0 Å². The molecule has 0 atom stereocenters. The van der Waals surface area contributed by atoms with Crippen LogP contribution in [-0.2, 0) is 0 Å². The van der Waals surface area contributed by atoms with E-state index in [4.69, 9.17) is 9.47 Å². The average molecular weight is 380 g/mol. The fourth-order valence-electron chi connectivity index (χ4n) is 4.57. The highest BCUT2D eigenvalue weighted by molar-refractivity contribution is 6.03. The first kappa shape index (κ1) is 17.7. The smallest absolute Gasteiger partial charge is 0.162 e. The predicted molar refractivity (Wildman–Crippen MR) is 110 cm³/mol. The van der Waals surface area contributed by atoms with Crippen molar-refractivity contribution in [2.75, 3.05) is 20.8 Å². The number of hydrogen-bond acceptors (Lipinski definition) is 5. The summed E-state index contributed by atoms with van der Waals surface area (Å²) in [7, 11) is 3.33. The van der Waals surface area contributed by atoms with Crippen molar-refractivity contribution in [3.05, 3.63) is 24.7 Å². The van der Waals surface area contributed by atoms with E-state index in [0.29, 0.717) is 11.8 Å². The summed E-state index contributed by atoms with van der Waals surface area (Å²) in [4.78, 5) is 9.24. The normalized spacial score (nSPS) is 22.6. The molecule has 2 aromatic heterocycles. The molecule has 2 saturated carbocycles. The monoisotopic (exact) mass is 380 g/mol. The summed E-state index contributed by atoms with van der Waals surface area (Å²) >= 11 is 0. The summed E-state index contributed by atoms with van der Waals surface area (Å²) in [5.74, 6) is 2.25. The Morgan fingerprint density at radius 1 is 0.964 bits per heavy atom. The third kappa shape index (κ3) is 3.20. The number of fused-ring (bicyclic) bond motifs is 3. The standard InChI is InChI=1S/C22H28N4O2/c1-27-20-9-17-18(10-21(20)28-2)24-12-19-22(17)26(13-25-19)16-7-3-14(4-8-16)11-23-15-5-6-15/h9-10,12-16,23H,3-8,11H2,1-2H3/t14-,16-. The number of benzene rings is 1. The molecule has 0 unspecified atom stereocenters. The molecule has 0 spiro atoms. The molecule has 2 aliphatic rings. The lowest BCUT2D eigenvalue weighted by Gasteiger charge is -2.30. The number of nitrogens with one attached hydrogen (secondary N) is 1. The quantitative estimate of drug-likeness (QED) is 0.698. The van der Waals surface area contributed by atoms with Gasteiger partial charge in [0.25, 0.3) is 0 Å². The number of ether oxygens (including phenoxy) is 2. The van der Waals surface area contributed by atoms with Crippen molar-refractivity contribution in [1.29, 1.82) is 0 Å². The number of imidazole rings is 1. The second-order valence-electron chi connectivity index (χ2n) is 8.23. The summed E-state index contributed by atoms with van der Waals surface area (Å²) in [6.45, 7) is 1.19. The van der Waals surface area contributed by atoms with Crippen LogP contribution in [0.2, 0.25) is 0 Å². The van der Waals surface area contributed by atoms with Gasteiger partial charge in [-0.2, -0.15) is 0 Å². The fraction of sp³-hybridized carbons (Fsp3) is 0.545.